The molecule has 14 heavy (non-hydrogen) atoms. The molecule has 0 spiro atoms. The van der Waals surface area contributed by atoms with E-state index in [4.69, 9.17) is 0 Å². The second kappa shape index (κ2) is 8.73. The number of amides is 1. The number of hydrogen-bond donors (Lipinski definition) is 1. The van der Waals surface area contributed by atoms with E-state index in [1.807, 2.05) is 6.92 Å². The first kappa shape index (κ1) is 13.1. The molecule has 0 radical (unpaired) electrons. The zero-order valence-electron chi connectivity index (χ0n) is 9.27. The van der Waals surface area contributed by atoms with Gasteiger partial charge in [-0.05, 0) is 26.2 Å². The molecule has 0 aromatic rings. The lowest BCUT2D eigenvalue weighted by Gasteiger charge is -2.02. The molecule has 0 saturated carbocycles. The van der Waals surface area contributed by atoms with Crippen molar-refractivity contribution in [2.24, 2.45) is 0 Å². The molecule has 0 aliphatic carbocycles. The first-order chi connectivity index (χ1) is 6.66. The summed E-state index contributed by atoms with van der Waals surface area (Å²) < 4.78 is 0. The monoisotopic (exact) mass is 199 g/mol. The van der Waals surface area contributed by atoms with E-state index < -0.39 is 0 Å². The Bertz CT molecular complexity index is 178. The van der Waals surface area contributed by atoms with Crippen molar-refractivity contribution in [3.05, 3.63) is 0 Å². The number of Topliss-reactive ketones (excluding diaryl/α,β-unsaturated/α-hetero) is 1. The van der Waals surface area contributed by atoms with Gasteiger partial charge in [-0.25, -0.2) is 0 Å². The lowest BCUT2D eigenvalue weighted by atomic mass is 10.1. The van der Waals surface area contributed by atoms with Crippen LogP contribution in [0.5, 0.6) is 0 Å². The number of carbonyl (C=O) groups is 2. The van der Waals surface area contributed by atoms with Crippen LogP contribution in [-0.4, -0.2) is 18.2 Å². The predicted molar refractivity (Wildman–Crippen MR) is 57.1 cm³/mol. The van der Waals surface area contributed by atoms with Gasteiger partial charge in [-0.15, -0.1) is 0 Å². The zero-order chi connectivity index (χ0) is 10.8. The van der Waals surface area contributed by atoms with Crippen LogP contribution in [-0.2, 0) is 9.59 Å². The molecule has 0 unspecified atom stereocenters. The highest BCUT2D eigenvalue weighted by molar-refractivity contribution is 5.76. The van der Waals surface area contributed by atoms with Gasteiger partial charge >= 0.3 is 0 Å². The van der Waals surface area contributed by atoms with Crippen molar-refractivity contribution in [1.29, 1.82) is 0 Å². The predicted octanol–water partition coefficient (Wildman–Crippen LogP) is 2.05. The normalized spacial score (nSPS) is 9.86. The zero-order valence-corrected chi connectivity index (χ0v) is 9.27. The summed E-state index contributed by atoms with van der Waals surface area (Å²) in [7, 11) is 0. The molecule has 0 aromatic heterocycles. The maximum atomic E-state index is 11.1. The van der Waals surface area contributed by atoms with Gasteiger partial charge in [0.2, 0.25) is 5.91 Å². The second-order valence-electron chi connectivity index (χ2n) is 3.61. The van der Waals surface area contributed by atoms with Crippen LogP contribution in [0.3, 0.4) is 0 Å². The number of hydrogen-bond acceptors (Lipinski definition) is 2. The summed E-state index contributed by atoms with van der Waals surface area (Å²) in [6.07, 6.45) is 5.00. The first-order valence-corrected chi connectivity index (χ1v) is 5.43. The second-order valence-corrected chi connectivity index (χ2v) is 3.61. The Morgan fingerprint density at radius 3 is 2.29 bits per heavy atom. The van der Waals surface area contributed by atoms with Crippen molar-refractivity contribution < 1.29 is 9.59 Å². The van der Waals surface area contributed by atoms with Crippen molar-refractivity contribution in [2.75, 3.05) is 6.54 Å². The summed E-state index contributed by atoms with van der Waals surface area (Å²) in [5.74, 6) is 0.370. The highest BCUT2D eigenvalue weighted by Gasteiger charge is 1.99. The highest BCUT2D eigenvalue weighted by Crippen LogP contribution is 2.03. The molecule has 0 rings (SSSR count). The summed E-state index contributed by atoms with van der Waals surface area (Å²) in [6, 6.07) is 0. The van der Waals surface area contributed by atoms with Gasteiger partial charge in [0.15, 0.2) is 0 Å². The van der Waals surface area contributed by atoms with Gasteiger partial charge in [0.25, 0.3) is 0 Å². The van der Waals surface area contributed by atoms with Crippen LogP contribution in [0.25, 0.3) is 0 Å². The van der Waals surface area contributed by atoms with Gasteiger partial charge in [-0.2, -0.15) is 0 Å². The Labute approximate surface area is 86.3 Å². The van der Waals surface area contributed by atoms with E-state index in [1.54, 1.807) is 6.92 Å². The minimum absolute atomic E-state index is 0.134. The Balaban J connectivity index is 3.19. The van der Waals surface area contributed by atoms with Crippen LogP contribution in [0.15, 0.2) is 0 Å². The van der Waals surface area contributed by atoms with Gasteiger partial charge < -0.3 is 10.1 Å². The smallest absolute Gasteiger partial charge is 0.219 e. The van der Waals surface area contributed by atoms with Crippen molar-refractivity contribution in [3.63, 3.8) is 0 Å². The van der Waals surface area contributed by atoms with Crippen LogP contribution >= 0.6 is 0 Å². The molecule has 0 saturated heterocycles. The lowest BCUT2D eigenvalue weighted by Crippen LogP contribution is -2.23. The third kappa shape index (κ3) is 9.23. The molecule has 0 heterocycles. The highest BCUT2D eigenvalue weighted by atomic mass is 16.1. The Hall–Kier alpha value is -0.860. The molecule has 3 nitrogen and oxygen atoms in total. The van der Waals surface area contributed by atoms with E-state index in [0.29, 0.717) is 12.8 Å². The van der Waals surface area contributed by atoms with Gasteiger partial charge in [0.05, 0.1) is 0 Å². The summed E-state index contributed by atoms with van der Waals surface area (Å²) in [5.41, 5.74) is 0. The molecular weight excluding hydrogens is 178 g/mol. The van der Waals surface area contributed by atoms with Crippen molar-refractivity contribution in [3.8, 4) is 0 Å². The van der Waals surface area contributed by atoms with Crippen LogP contribution < -0.4 is 5.32 Å². The Kier molecular flexibility index (Phi) is 8.19. The van der Waals surface area contributed by atoms with Gasteiger partial charge in [-0.1, -0.05) is 13.3 Å². The van der Waals surface area contributed by atoms with E-state index in [-0.39, 0.29) is 11.7 Å². The van der Waals surface area contributed by atoms with Gasteiger partial charge in [0.1, 0.15) is 5.78 Å². The van der Waals surface area contributed by atoms with Gasteiger partial charge in [-0.3, -0.25) is 4.79 Å². The van der Waals surface area contributed by atoms with E-state index in [2.05, 4.69) is 5.32 Å². The molecule has 0 fully saturated rings. The quantitative estimate of drug-likeness (QED) is 0.608. The molecule has 0 aliphatic rings. The average Bonchev–Trinajstić information content (AvgIpc) is 2.13. The lowest BCUT2D eigenvalue weighted by molar-refractivity contribution is -0.121. The summed E-state index contributed by atoms with van der Waals surface area (Å²) in [4.78, 5) is 21.7. The molecule has 0 aliphatic heterocycles. The fourth-order valence-electron chi connectivity index (χ4n) is 1.19. The third-order valence-electron chi connectivity index (χ3n) is 2.00. The fraction of sp³-hybridized carbons (Fsp3) is 0.818. The summed E-state index contributed by atoms with van der Waals surface area (Å²) in [5, 5.41) is 2.83. The molecule has 0 aromatic carbocycles. The van der Waals surface area contributed by atoms with E-state index in [1.165, 1.54) is 0 Å². The average molecular weight is 199 g/mol. The van der Waals surface area contributed by atoms with Crippen LogP contribution in [0.2, 0.25) is 0 Å². The number of carbonyl (C=O) groups excluding carboxylic acids is 2. The van der Waals surface area contributed by atoms with Crippen molar-refractivity contribution in [2.45, 2.75) is 52.4 Å². The van der Waals surface area contributed by atoms with Gasteiger partial charge in [0, 0.05) is 19.4 Å². The van der Waals surface area contributed by atoms with E-state index >= 15 is 0 Å². The van der Waals surface area contributed by atoms with Crippen LogP contribution in [0.1, 0.15) is 52.4 Å². The van der Waals surface area contributed by atoms with Crippen molar-refractivity contribution in [1.82, 2.24) is 5.32 Å². The van der Waals surface area contributed by atoms with Crippen LogP contribution in [0.4, 0.5) is 0 Å². The third-order valence-corrected chi connectivity index (χ3v) is 2.00. The topological polar surface area (TPSA) is 46.2 Å². The molecule has 1 amide bonds. The summed E-state index contributed by atoms with van der Waals surface area (Å²) >= 11 is 0. The minimum atomic E-state index is 0.134. The molecular formula is C11H21NO2. The summed E-state index contributed by atoms with van der Waals surface area (Å²) in [6.45, 7) is 4.41. The minimum Gasteiger partial charge on any atom is -0.356 e. The molecule has 82 valence electrons. The number of ketones is 1. The van der Waals surface area contributed by atoms with E-state index in [9.17, 15) is 9.59 Å². The first-order valence-electron chi connectivity index (χ1n) is 5.43. The molecule has 1 N–H and O–H groups in total. The molecule has 0 bridgehead atoms. The molecule has 3 heteroatoms. The van der Waals surface area contributed by atoms with Crippen molar-refractivity contribution >= 4 is 11.7 Å². The molecule has 0 atom stereocenters. The Morgan fingerprint density at radius 2 is 1.71 bits per heavy atom. The largest absolute Gasteiger partial charge is 0.356 e. The maximum Gasteiger partial charge on any atom is 0.219 e. The fourth-order valence-corrected chi connectivity index (χ4v) is 1.19. The SMILES string of the molecule is CCCNC(=O)CCCCCC(C)=O. The number of rotatable bonds is 8. The van der Waals surface area contributed by atoms with E-state index in [0.717, 1.165) is 32.2 Å². The maximum absolute atomic E-state index is 11.1. The standard InChI is InChI=1S/C11H21NO2/c1-3-9-12-11(14)8-6-4-5-7-10(2)13/h3-9H2,1-2H3,(H,12,14). The Morgan fingerprint density at radius 1 is 1.07 bits per heavy atom. The van der Waals surface area contributed by atoms with Crippen LogP contribution in [0, 0.1) is 0 Å². The number of nitrogens with one attached hydrogen (secondary N) is 1. The number of unbranched alkanes of at least 4 members (excludes halogenated alkanes) is 2.